The van der Waals surface area contributed by atoms with E-state index in [4.69, 9.17) is 11.5 Å². The lowest BCUT2D eigenvalue weighted by atomic mass is 9.83. The van der Waals surface area contributed by atoms with Gasteiger partial charge in [-0.05, 0) is 79.8 Å². The fourth-order valence-electron chi connectivity index (χ4n) is 6.49. The number of aliphatic imine (C=N–C) groups is 1. The lowest BCUT2D eigenvalue weighted by Gasteiger charge is -2.37. The van der Waals surface area contributed by atoms with Gasteiger partial charge in [-0.15, -0.1) is 0 Å². The van der Waals surface area contributed by atoms with Crippen LogP contribution in [0.2, 0.25) is 0 Å². The lowest BCUT2D eigenvalue weighted by Crippen LogP contribution is -2.59. The summed E-state index contributed by atoms with van der Waals surface area (Å²) in [7, 11) is 0. The van der Waals surface area contributed by atoms with Gasteiger partial charge in [0.15, 0.2) is 5.96 Å². The van der Waals surface area contributed by atoms with Crippen molar-refractivity contribution in [3.63, 3.8) is 0 Å². The van der Waals surface area contributed by atoms with Gasteiger partial charge in [-0.1, -0.05) is 24.3 Å². The molecule has 4 rings (SSSR count). The Balaban J connectivity index is 1.57. The number of carbonyl (C=O) groups is 3. The zero-order valence-electron chi connectivity index (χ0n) is 26.2. The number of nitrogens with two attached hydrogens (primary N) is 2. The predicted molar refractivity (Wildman–Crippen MR) is 171 cm³/mol. The second-order valence-electron chi connectivity index (χ2n) is 12.4. The highest BCUT2D eigenvalue weighted by atomic mass is 19.1. The first-order chi connectivity index (χ1) is 22.4. The van der Waals surface area contributed by atoms with Crippen molar-refractivity contribution in [3.8, 4) is 5.75 Å². The number of fused-ring (bicyclic) bond motifs is 1. The Morgan fingerprint density at radius 3 is 2.30 bits per heavy atom. The Morgan fingerprint density at radius 2 is 1.64 bits per heavy atom. The van der Waals surface area contributed by atoms with Gasteiger partial charge in [-0.2, -0.15) is 0 Å². The van der Waals surface area contributed by atoms with Crippen molar-refractivity contribution in [2.24, 2.45) is 22.4 Å². The van der Waals surface area contributed by atoms with Crippen molar-refractivity contribution in [3.05, 3.63) is 65.5 Å². The van der Waals surface area contributed by atoms with Gasteiger partial charge in [0.25, 0.3) is 0 Å². The smallest absolute Gasteiger partial charge is 0.249 e. The van der Waals surface area contributed by atoms with E-state index >= 15 is 0 Å². The maximum Gasteiger partial charge on any atom is 0.249 e. The van der Waals surface area contributed by atoms with Crippen LogP contribution >= 0.6 is 0 Å². The topological polar surface area (TPSA) is 224 Å². The predicted octanol–water partition coefficient (Wildman–Crippen LogP) is -0.177. The summed E-state index contributed by atoms with van der Waals surface area (Å²) >= 11 is 0. The number of likely N-dealkylation sites (tertiary alicyclic amines) is 1. The summed E-state index contributed by atoms with van der Waals surface area (Å²) in [5.74, 6) is -2.44. The third kappa shape index (κ3) is 9.86. The Kier molecular flexibility index (Phi) is 12.5. The number of aliphatic hydroxyl groups is 3. The number of hydrogen-bond donors (Lipinski definition) is 8. The standard InChI is InChI=1S/C33H45FN6O7/c34-22-8-3-19(4-9-22)14-26(39-31(46)29(44)15-20-5-10-24(42)11-6-20)32(47)40-27-17-25(43)12-7-21(27)16-28(40)30(45)38-23(18-41)2-1-13-37-33(35)36/h3-6,8-11,21,23,25-29,41-44H,1-2,7,12-18H2,(H,38,45)(H,39,46)(H4,35,36,37)/t21-,23-,25+,26+,27-,28-,29+/m0/s1. The monoisotopic (exact) mass is 656 g/mol. The molecule has 14 heteroatoms. The van der Waals surface area contributed by atoms with E-state index < -0.39 is 59.9 Å². The molecule has 13 nitrogen and oxygen atoms in total. The lowest BCUT2D eigenvalue weighted by molar-refractivity contribution is -0.145. The highest BCUT2D eigenvalue weighted by molar-refractivity contribution is 5.94. The molecule has 7 atom stereocenters. The highest BCUT2D eigenvalue weighted by Crippen LogP contribution is 2.40. The highest BCUT2D eigenvalue weighted by Gasteiger charge is 2.50. The molecule has 256 valence electrons. The number of carbonyl (C=O) groups excluding carboxylic acids is 3. The maximum atomic E-state index is 14.5. The molecule has 3 amide bonds. The number of rotatable bonds is 14. The van der Waals surface area contributed by atoms with Crippen molar-refractivity contribution in [1.29, 1.82) is 0 Å². The van der Waals surface area contributed by atoms with E-state index in [2.05, 4.69) is 15.6 Å². The molecule has 1 saturated heterocycles. The molecule has 1 heterocycles. The van der Waals surface area contributed by atoms with Crippen molar-refractivity contribution >= 4 is 23.7 Å². The number of hydrogen-bond acceptors (Lipinski definition) is 8. The Labute approximate surface area is 272 Å². The van der Waals surface area contributed by atoms with Crippen LogP contribution in [0.5, 0.6) is 5.75 Å². The molecule has 47 heavy (non-hydrogen) atoms. The number of aliphatic hydroxyl groups excluding tert-OH is 3. The van der Waals surface area contributed by atoms with Crippen LogP contribution < -0.4 is 22.1 Å². The Hall–Kier alpha value is -4.27. The van der Waals surface area contributed by atoms with Gasteiger partial charge in [0.1, 0.15) is 29.8 Å². The molecule has 0 radical (unpaired) electrons. The second kappa shape index (κ2) is 16.5. The summed E-state index contributed by atoms with van der Waals surface area (Å²) in [6.45, 7) is -0.0316. The van der Waals surface area contributed by atoms with Gasteiger partial charge >= 0.3 is 0 Å². The van der Waals surface area contributed by atoms with E-state index in [0.29, 0.717) is 49.8 Å². The molecule has 1 aliphatic heterocycles. The minimum absolute atomic E-state index is 0.0317. The SMILES string of the molecule is NC(N)=NCCC[C@@H](CO)NC(=O)[C@@H]1C[C@@H]2CC[C@@H](O)C[C@@H]2N1C(=O)[C@@H](Cc1ccc(F)cc1)NC(=O)[C@H](O)Cc1ccc(O)cc1. The summed E-state index contributed by atoms with van der Waals surface area (Å²) in [6.07, 6.45) is 0.250. The average molecular weight is 657 g/mol. The molecule has 0 spiro atoms. The van der Waals surface area contributed by atoms with E-state index in [1.165, 1.54) is 41.3 Å². The summed E-state index contributed by atoms with van der Waals surface area (Å²) in [5, 5.41) is 46.3. The number of guanidine groups is 1. The first kappa shape index (κ1) is 35.6. The summed E-state index contributed by atoms with van der Waals surface area (Å²) in [4.78, 5) is 46.8. The molecule has 2 fully saturated rings. The number of nitrogens with one attached hydrogen (secondary N) is 2. The molecule has 10 N–H and O–H groups in total. The normalized spacial score (nSPS) is 22.4. The molecular formula is C33H45FN6O7. The van der Waals surface area contributed by atoms with Crippen LogP contribution in [0, 0.1) is 11.7 Å². The van der Waals surface area contributed by atoms with Gasteiger partial charge in [0.2, 0.25) is 17.7 Å². The summed E-state index contributed by atoms with van der Waals surface area (Å²) < 4.78 is 13.7. The Morgan fingerprint density at radius 1 is 0.979 bits per heavy atom. The number of amides is 3. The van der Waals surface area contributed by atoms with E-state index in [1.807, 2.05) is 0 Å². The zero-order chi connectivity index (χ0) is 34.1. The van der Waals surface area contributed by atoms with Crippen LogP contribution in [0.1, 0.15) is 49.7 Å². The van der Waals surface area contributed by atoms with E-state index in [-0.39, 0.29) is 43.5 Å². The molecule has 2 aromatic rings. The number of aromatic hydroxyl groups is 1. The fourth-order valence-corrected chi connectivity index (χ4v) is 6.49. The van der Waals surface area contributed by atoms with Gasteiger partial charge in [-0.3, -0.25) is 19.4 Å². The minimum atomic E-state index is -1.53. The first-order valence-corrected chi connectivity index (χ1v) is 15.9. The maximum absolute atomic E-state index is 14.5. The minimum Gasteiger partial charge on any atom is -0.508 e. The molecule has 0 unspecified atom stereocenters. The average Bonchev–Trinajstić information content (AvgIpc) is 3.42. The summed E-state index contributed by atoms with van der Waals surface area (Å²) in [6, 6.07) is 8.17. The molecule has 2 aliphatic rings. The number of phenols is 1. The van der Waals surface area contributed by atoms with Crippen molar-refractivity contribution < 1.29 is 39.2 Å². The number of benzene rings is 2. The van der Waals surface area contributed by atoms with Crippen LogP contribution in [-0.2, 0) is 27.2 Å². The van der Waals surface area contributed by atoms with Crippen LogP contribution in [0.25, 0.3) is 0 Å². The molecule has 0 bridgehead atoms. The fraction of sp³-hybridized carbons (Fsp3) is 0.515. The quantitative estimate of drug-likeness (QED) is 0.0766. The third-order valence-electron chi connectivity index (χ3n) is 8.91. The van der Waals surface area contributed by atoms with Crippen molar-refractivity contribution in [1.82, 2.24) is 15.5 Å². The zero-order valence-corrected chi connectivity index (χ0v) is 26.2. The molecule has 0 aromatic heterocycles. The van der Waals surface area contributed by atoms with Crippen molar-refractivity contribution in [2.75, 3.05) is 13.2 Å². The van der Waals surface area contributed by atoms with Gasteiger partial charge in [0.05, 0.1) is 18.8 Å². The molecule has 1 saturated carbocycles. The van der Waals surface area contributed by atoms with Crippen molar-refractivity contribution in [2.45, 2.75) is 87.7 Å². The number of halogens is 1. The van der Waals surface area contributed by atoms with Crippen LogP contribution in [-0.4, -0.2) is 98.5 Å². The van der Waals surface area contributed by atoms with Gasteiger partial charge in [0, 0.05) is 25.4 Å². The number of phenolic OH excluding ortho intramolecular Hbond substituents is 1. The van der Waals surface area contributed by atoms with Crippen LogP contribution in [0.4, 0.5) is 4.39 Å². The van der Waals surface area contributed by atoms with E-state index in [9.17, 15) is 39.2 Å². The van der Waals surface area contributed by atoms with E-state index in [1.54, 1.807) is 12.1 Å². The second-order valence-corrected chi connectivity index (χ2v) is 12.4. The first-order valence-electron chi connectivity index (χ1n) is 15.9. The third-order valence-corrected chi connectivity index (χ3v) is 8.91. The summed E-state index contributed by atoms with van der Waals surface area (Å²) in [5.41, 5.74) is 11.9. The van der Waals surface area contributed by atoms with Gasteiger partial charge < -0.3 is 47.4 Å². The Bertz CT molecular complexity index is 1390. The number of nitrogens with zero attached hydrogens (tertiary/aromatic N) is 2. The van der Waals surface area contributed by atoms with Crippen LogP contribution in [0.3, 0.4) is 0 Å². The molecule has 1 aliphatic carbocycles. The molecule has 2 aromatic carbocycles. The van der Waals surface area contributed by atoms with Crippen LogP contribution in [0.15, 0.2) is 53.5 Å². The van der Waals surface area contributed by atoms with Gasteiger partial charge in [-0.25, -0.2) is 4.39 Å². The largest absolute Gasteiger partial charge is 0.508 e. The molecular weight excluding hydrogens is 611 g/mol. The van der Waals surface area contributed by atoms with E-state index in [0.717, 1.165) is 0 Å².